The summed E-state index contributed by atoms with van der Waals surface area (Å²) in [5, 5.41) is 8.60. The molecule has 0 bridgehead atoms. The van der Waals surface area contributed by atoms with E-state index in [-0.39, 0.29) is 50.3 Å². The van der Waals surface area contributed by atoms with Gasteiger partial charge in [0.2, 0.25) is 10.0 Å². The van der Waals surface area contributed by atoms with Crippen LogP contribution in [0, 0.1) is 0 Å². The number of nitrogens with one attached hydrogen (secondary N) is 2. The predicted molar refractivity (Wildman–Crippen MR) is 173 cm³/mol. The van der Waals surface area contributed by atoms with Gasteiger partial charge < -0.3 is 14.4 Å². The van der Waals surface area contributed by atoms with Crippen LogP contribution in [-0.2, 0) is 20.5 Å². The minimum Gasteiger partial charge on any atom is -0.494 e. The minimum atomic E-state index is -3.38. The number of nitrogens with zero attached hydrogens (tertiary/aromatic N) is 2. The van der Waals surface area contributed by atoms with Gasteiger partial charge in [-0.25, -0.2) is 8.42 Å². The zero-order valence-electron chi connectivity index (χ0n) is 25.2. The molecular weight excluding hydrogens is 623 g/mol. The number of piperazine rings is 1. The number of carbonyl (C=O) groups excluding carboxylic acids is 1. The molecule has 0 spiro atoms. The summed E-state index contributed by atoms with van der Waals surface area (Å²) in [6.45, 7) is 7.09. The van der Waals surface area contributed by atoms with Gasteiger partial charge >= 0.3 is 0 Å². The Kier molecular flexibility index (Phi) is 9.79. The van der Waals surface area contributed by atoms with Gasteiger partial charge in [0.25, 0.3) is 5.91 Å². The van der Waals surface area contributed by atoms with Crippen molar-refractivity contribution in [3.05, 3.63) is 93.5 Å². The molecule has 2 aliphatic rings. The molecular formula is C32H38Cl2N4O5S. The van der Waals surface area contributed by atoms with E-state index < -0.39 is 15.7 Å². The number of hydrogen-bond acceptors (Lipinski definition) is 7. The first kappa shape index (κ1) is 32.5. The lowest BCUT2D eigenvalue weighted by molar-refractivity contribution is -0.141. The number of carbonyl (C=O) groups is 1. The fourth-order valence-electron chi connectivity index (χ4n) is 5.84. The predicted octanol–water partition coefficient (Wildman–Crippen LogP) is 5.11. The molecule has 2 aliphatic heterocycles. The van der Waals surface area contributed by atoms with Crippen LogP contribution in [0.5, 0.6) is 11.5 Å². The highest BCUT2D eigenvalue weighted by Crippen LogP contribution is 2.45. The second-order valence-corrected chi connectivity index (χ2v) is 14.2. The van der Waals surface area contributed by atoms with Gasteiger partial charge in [-0.15, -0.1) is 0 Å². The molecule has 44 heavy (non-hydrogen) atoms. The molecule has 236 valence electrons. The van der Waals surface area contributed by atoms with Crippen LogP contribution in [-0.4, -0.2) is 68.7 Å². The van der Waals surface area contributed by atoms with E-state index in [0.717, 1.165) is 11.1 Å². The number of hydrogen-bond donors (Lipinski definition) is 2. The van der Waals surface area contributed by atoms with Crippen molar-refractivity contribution in [2.45, 2.75) is 44.6 Å². The lowest BCUT2D eigenvalue weighted by atomic mass is 9.95. The maximum absolute atomic E-state index is 14.9. The summed E-state index contributed by atoms with van der Waals surface area (Å²) in [7, 11) is -3.38. The molecule has 5 rings (SSSR count). The van der Waals surface area contributed by atoms with E-state index in [1.807, 2.05) is 87.5 Å². The molecule has 0 aliphatic carbocycles. The summed E-state index contributed by atoms with van der Waals surface area (Å²) < 4.78 is 38.1. The van der Waals surface area contributed by atoms with E-state index in [0.29, 0.717) is 33.7 Å². The van der Waals surface area contributed by atoms with Crippen LogP contribution in [0.4, 0.5) is 0 Å². The van der Waals surface area contributed by atoms with Crippen LogP contribution in [0.25, 0.3) is 0 Å². The van der Waals surface area contributed by atoms with E-state index >= 15 is 0 Å². The van der Waals surface area contributed by atoms with Crippen LogP contribution in [0.15, 0.2) is 66.7 Å². The van der Waals surface area contributed by atoms with Crippen LogP contribution in [0.1, 0.15) is 49.5 Å². The third-order valence-corrected chi connectivity index (χ3v) is 9.69. The lowest BCUT2D eigenvalue weighted by Gasteiger charge is -2.40. The van der Waals surface area contributed by atoms with Gasteiger partial charge in [0, 0.05) is 41.8 Å². The zero-order chi connectivity index (χ0) is 31.6. The highest BCUT2D eigenvalue weighted by molar-refractivity contribution is 7.88. The highest BCUT2D eigenvalue weighted by Gasteiger charge is 2.55. The molecule has 12 heteroatoms. The molecule has 3 aromatic carbocycles. The Morgan fingerprint density at radius 3 is 1.89 bits per heavy atom. The SMILES string of the molecule is CCOc1ccc(OC(C)C)c(C2(C(=O)N3CCN(S(C)(=O)=O)CC3)NC(c3ccc(Cl)cc3)C(c3ccc(Cl)cc3)N2)c1. The maximum atomic E-state index is 14.9. The second-order valence-electron chi connectivity index (χ2n) is 11.3. The Morgan fingerprint density at radius 2 is 1.43 bits per heavy atom. The van der Waals surface area contributed by atoms with Gasteiger partial charge in [-0.2, -0.15) is 4.31 Å². The van der Waals surface area contributed by atoms with E-state index in [4.69, 9.17) is 32.7 Å². The van der Waals surface area contributed by atoms with Crippen molar-refractivity contribution < 1.29 is 22.7 Å². The fraction of sp³-hybridized carbons (Fsp3) is 0.406. The fourth-order valence-corrected chi connectivity index (χ4v) is 6.91. The lowest BCUT2D eigenvalue weighted by Crippen LogP contribution is -2.62. The van der Waals surface area contributed by atoms with Gasteiger partial charge in [-0.3, -0.25) is 15.4 Å². The number of benzene rings is 3. The molecule has 9 nitrogen and oxygen atoms in total. The second kappa shape index (κ2) is 13.2. The molecule has 2 unspecified atom stereocenters. The Balaban J connectivity index is 1.67. The third kappa shape index (κ3) is 6.85. The number of sulfonamides is 1. The highest BCUT2D eigenvalue weighted by atomic mass is 35.5. The van der Waals surface area contributed by atoms with Crippen LogP contribution < -0.4 is 20.1 Å². The first-order valence-electron chi connectivity index (χ1n) is 14.7. The summed E-state index contributed by atoms with van der Waals surface area (Å²) in [5.74, 6) is 0.871. The monoisotopic (exact) mass is 660 g/mol. The van der Waals surface area contributed by atoms with Crippen molar-refractivity contribution >= 4 is 39.1 Å². The van der Waals surface area contributed by atoms with Crippen molar-refractivity contribution in [3.63, 3.8) is 0 Å². The average Bonchev–Trinajstić information content (AvgIpc) is 3.39. The third-order valence-electron chi connectivity index (χ3n) is 7.88. The van der Waals surface area contributed by atoms with Crippen molar-refractivity contribution in [2.75, 3.05) is 39.0 Å². The van der Waals surface area contributed by atoms with Gasteiger partial charge in [-0.1, -0.05) is 47.5 Å². The maximum Gasteiger partial charge on any atom is 0.262 e. The number of ether oxygens (including phenoxy) is 2. The number of amides is 1. The zero-order valence-corrected chi connectivity index (χ0v) is 27.5. The molecule has 2 atom stereocenters. The molecule has 0 radical (unpaired) electrons. The number of rotatable bonds is 9. The smallest absolute Gasteiger partial charge is 0.262 e. The Hall–Kier alpha value is -2.86. The average molecular weight is 662 g/mol. The molecule has 2 fully saturated rings. The van der Waals surface area contributed by atoms with E-state index in [2.05, 4.69) is 10.6 Å². The van der Waals surface area contributed by atoms with Crippen LogP contribution in [0.3, 0.4) is 0 Å². The largest absolute Gasteiger partial charge is 0.494 e. The van der Waals surface area contributed by atoms with Crippen molar-refractivity contribution in [1.29, 1.82) is 0 Å². The minimum absolute atomic E-state index is 0.169. The Morgan fingerprint density at radius 1 is 0.909 bits per heavy atom. The quantitative estimate of drug-likeness (QED) is 0.329. The number of halogens is 2. The molecule has 0 aromatic heterocycles. The van der Waals surface area contributed by atoms with Gasteiger partial charge in [0.15, 0.2) is 5.66 Å². The molecule has 1 amide bonds. The van der Waals surface area contributed by atoms with Crippen molar-refractivity contribution in [3.8, 4) is 11.5 Å². The Bertz CT molecular complexity index is 1520. The Labute approximate surface area is 269 Å². The molecule has 2 N–H and O–H groups in total. The summed E-state index contributed by atoms with van der Waals surface area (Å²) >= 11 is 12.5. The van der Waals surface area contributed by atoms with Gasteiger partial charge in [0.05, 0.1) is 31.1 Å². The first-order valence-corrected chi connectivity index (χ1v) is 17.3. The van der Waals surface area contributed by atoms with E-state index in [1.54, 1.807) is 4.90 Å². The molecule has 2 saturated heterocycles. The first-order chi connectivity index (χ1) is 20.9. The normalized spacial score (nSPS) is 22.8. The van der Waals surface area contributed by atoms with Crippen molar-refractivity contribution in [1.82, 2.24) is 19.8 Å². The molecule has 0 saturated carbocycles. The van der Waals surface area contributed by atoms with Crippen LogP contribution >= 0.6 is 23.2 Å². The summed E-state index contributed by atoms with van der Waals surface area (Å²) in [6, 6.07) is 19.8. The van der Waals surface area contributed by atoms with Gasteiger partial charge in [0.1, 0.15) is 11.5 Å². The van der Waals surface area contributed by atoms with E-state index in [1.165, 1.54) is 10.6 Å². The van der Waals surface area contributed by atoms with Gasteiger partial charge in [-0.05, 0) is 74.4 Å². The molecule has 2 heterocycles. The summed E-state index contributed by atoms with van der Waals surface area (Å²) in [5.41, 5.74) is 0.943. The molecule has 3 aromatic rings. The standard InChI is InChI=1S/C32H38Cl2N4O5S/c1-5-42-26-14-15-28(43-21(2)3)27(20-26)32(31(39)37-16-18-38(19-17-37)44(4,40)41)35-29(22-6-10-24(33)11-7-22)30(36-32)23-8-12-25(34)13-9-23/h6-15,20-21,29-30,35-36H,5,16-19H2,1-4H3. The topological polar surface area (TPSA) is 100 Å². The summed E-state index contributed by atoms with van der Waals surface area (Å²) in [4.78, 5) is 16.6. The van der Waals surface area contributed by atoms with Crippen LogP contribution in [0.2, 0.25) is 10.0 Å². The summed E-state index contributed by atoms with van der Waals surface area (Å²) in [6.07, 6.45) is 1.02. The van der Waals surface area contributed by atoms with Crippen molar-refractivity contribution in [2.24, 2.45) is 0 Å². The van der Waals surface area contributed by atoms with E-state index in [9.17, 15) is 13.2 Å².